The van der Waals surface area contributed by atoms with E-state index in [0.29, 0.717) is 24.9 Å². The molecule has 25 heavy (non-hydrogen) atoms. The highest BCUT2D eigenvalue weighted by Crippen LogP contribution is 2.22. The summed E-state index contributed by atoms with van der Waals surface area (Å²) in [6, 6.07) is 4.24. The van der Waals surface area contributed by atoms with Crippen LogP contribution in [0.4, 0.5) is 5.82 Å². The van der Waals surface area contributed by atoms with Gasteiger partial charge in [-0.25, -0.2) is 0 Å². The molecular formula is C17H29Cl2N5O. The number of anilines is 1. The van der Waals surface area contributed by atoms with E-state index in [-0.39, 0.29) is 30.7 Å². The van der Waals surface area contributed by atoms with Crippen molar-refractivity contribution in [3.63, 3.8) is 0 Å². The Bertz CT molecular complexity index is 499. The normalized spacial score (nSPS) is 20.5. The van der Waals surface area contributed by atoms with Gasteiger partial charge in [0, 0.05) is 31.7 Å². The van der Waals surface area contributed by atoms with Gasteiger partial charge in [-0.2, -0.15) is 5.10 Å². The molecule has 142 valence electrons. The Balaban J connectivity index is 0.00000156. The smallest absolute Gasteiger partial charge is 0.220 e. The van der Waals surface area contributed by atoms with Crippen LogP contribution in [0.3, 0.4) is 0 Å². The van der Waals surface area contributed by atoms with Crippen LogP contribution in [0.5, 0.6) is 0 Å². The van der Waals surface area contributed by atoms with Gasteiger partial charge in [-0.15, -0.1) is 29.9 Å². The molecule has 2 aliphatic rings. The number of carbonyl (C=O) groups excluding carboxylic acids is 1. The summed E-state index contributed by atoms with van der Waals surface area (Å²) in [6.45, 7) is 3.90. The van der Waals surface area contributed by atoms with Crippen molar-refractivity contribution in [3.8, 4) is 0 Å². The number of piperidine rings is 1. The number of nitrogens with one attached hydrogen (secondary N) is 2. The van der Waals surface area contributed by atoms with Crippen molar-refractivity contribution < 1.29 is 4.79 Å². The predicted molar refractivity (Wildman–Crippen MR) is 105 cm³/mol. The van der Waals surface area contributed by atoms with Gasteiger partial charge >= 0.3 is 0 Å². The Kier molecular flexibility index (Phi) is 10.1. The number of nitrogens with zero attached hydrogens (tertiary/aromatic N) is 3. The fourth-order valence-corrected chi connectivity index (χ4v) is 3.62. The van der Waals surface area contributed by atoms with Crippen LogP contribution in [-0.2, 0) is 4.79 Å². The zero-order valence-electron chi connectivity index (χ0n) is 14.5. The van der Waals surface area contributed by atoms with E-state index < -0.39 is 0 Å². The van der Waals surface area contributed by atoms with Crippen molar-refractivity contribution in [3.05, 3.63) is 18.3 Å². The highest BCUT2D eigenvalue weighted by molar-refractivity contribution is 5.85. The van der Waals surface area contributed by atoms with Crippen molar-refractivity contribution in [1.29, 1.82) is 0 Å². The molecule has 0 saturated carbocycles. The molecule has 0 aliphatic carbocycles. The van der Waals surface area contributed by atoms with E-state index in [1.54, 1.807) is 6.20 Å². The first-order valence-corrected chi connectivity index (χ1v) is 8.84. The molecule has 1 amide bonds. The van der Waals surface area contributed by atoms with Gasteiger partial charge in [-0.3, -0.25) is 4.79 Å². The molecule has 1 unspecified atom stereocenters. The minimum atomic E-state index is 0. The maximum absolute atomic E-state index is 12.1. The number of carbonyl (C=O) groups is 1. The summed E-state index contributed by atoms with van der Waals surface area (Å²) in [5, 5.41) is 14.6. The van der Waals surface area contributed by atoms with Crippen molar-refractivity contribution >= 4 is 36.5 Å². The van der Waals surface area contributed by atoms with Crippen LogP contribution in [0.2, 0.25) is 0 Å². The maximum Gasteiger partial charge on any atom is 0.220 e. The highest BCUT2D eigenvalue weighted by Gasteiger charge is 2.26. The summed E-state index contributed by atoms with van der Waals surface area (Å²) in [5.74, 6) is 1.82. The van der Waals surface area contributed by atoms with E-state index in [4.69, 9.17) is 0 Å². The quantitative estimate of drug-likeness (QED) is 0.779. The lowest BCUT2D eigenvalue weighted by atomic mass is 9.93. The van der Waals surface area contributed by atoms with E-state index in [2.05, 4.69) is 25.7 Å². The average molecular weight is 390 g/mol. The highest BCUT2D eigenvalue weighted by atomic mass is 35.5. The summed E-state index contributed by atoms with van der Waals surface area (Å²) in [7, 11) is 0. The molecule has 8 heteroatoms. The van der Waals surface area contributed by atoms with Crippen LogP contribution in [0.1, 0.15) is 38.5 Å². The summed E-state index contributed by atoms with van der Waals surface area (Å²) in [6.07, 6.45) is 8.02. The lowest BCUT2D eigenvalue weighted by molar-refractivity contribution is -0.121. The predicted octanol–water partition coefficient (Wildman–Crippen LogP) is 2.18. The number of hydrogen-bond acceptors (Lipinski definition) is 5. The van der Waals surface area contributed by atoms with E-state index in [9.17, 15) is 4.79 Å². The fraction of sp³-hybridized carbons (Fsp3) is 0.706. The zero-order chi connectivity index (χ0) is 15.9. The first-order valence-electron chi connectivity index (χ1n) is 8.84. The molecule has 1 atom stereocenters. The summed E-state index contributed by atoms with van der Waals surface area (Å²) >= 11 is 0. The third-order valence-electron chi connectivity index (χ3n) is 5.00. The SMILES string of the molecule is Cl.Cl.O=C(CCC1CCNCC1)NCC1CCCN1c1cccnn1. The Morgan fingerprint density at radius 1 is 1.28 bits per heavy atom. The second kappa shape index (κ2) is 11.5. The summed E-state index contributed by atoms with van der Waals surface area (Å²) in [5.41, 5.74) is 0. The van der Waals surface area contributed by atoms with Gasteiger partial charge in [0.25, 0.3) is 0 Å². The molecule has 0 radical (unpaired) electrons. The summed E-state index contributed by atoms with van der Waals surface area (Å²) < 4.78 is 0. The number of halogens is 2. The lowest BCUT2D eigenvalue weighted by Crippen LogP contribution is -2.40. The topological polar surface area (TPSA) is 70.2 Å². The molecule has 2 aliphatic heterocycles. The average Bonchev–Trinajstić information content (AvgIpc) is 3.08. The molecule has 2 N–H and O–H groups in total. The molecule has 1 aromatic rings. The largest absolute Gasteiger partial charge is 0.354 e. The Hall–Kier alpha value is -1.11. The lowest BCUT2D eigenvalue weighted by Gasteiger charge is -2.25. The van der Waals surface area contributed by atoms with Crippen LogP contribution >= 0.6 is 24.8 Å². The van der Waals surface area contributed by atoms with Gasteiger partial charge in [0.15, 0.2) is 5.82 Å². The van der Waals surface area contributed by atoms with Crippen molar-refractivity contribution in [2.75, 3.05) is 31.1 Å². The number of rotatable bonds is 6. The second-order valence-electron chi connectivity index (χ2n) is 6.61. The molecule has 0 spiro atoms. The molecule has 1 aromatic heterocycles. The third kappa shape index (κ3) is 6.60. The molecule has 3 rings (SSSR count). The van der Waals surface area contributed by atoms with Gasteiger partial charge in [0.05, 0.1) is 0 Å². The molecule has 6 nitrogen and oxygen atoms in total. The Morgan fingerprint density at radius 3 is 2.80 bits per heavy atom. The van der Waals surface area contributed by atoms with Crippen molar-refractivity contribution in [2.45, 2.75) is 44.6 Å². The van der Waals surface area contributed by atoms with Crippen LogP contribution < -0.4 is 15.5 Å². The van der Waals surface area contributed by atoms with Crippen LogP contribution in [0.15, 0.2) is 18.3 Å². The van der Waals surface area contributed by atoms with E-state index in [1.165, 1.54) is 12.8 Å². The number of hydrogen-bond donors (Lipinski definition) is 2. The number of aromatic nitrogens is 2. The monoisotopic (exact) mass is 389 g/mol. The maximum atomic E-state index is 12.1. The second-order valence-corrected chi connectivity index (χ2v) is 6.61. The van der Waals surface area contributed by atoms with Gasteiger partial charge in [-0.05, 0) is 63.2 Å². The zero-order valence-corrected chi connectivity index (χ0v) is 16.2. The van der Waals surface area contributed by atoms with E-state index >= 15 is 0 Å². The van der Waals surface area contributed by atoms with E-state index in [1.807, 2.05) is 12.1 Å². The van der Waals surface area contributed by atoms with Crippen LogP contribution in [0, 0.1) is 5.92 Å². The number of amides is 1. The molecular weight excluding hydrogens is 361 g/mol. The Labute approximate surface area is 162 Å². The minimum absolute atomic E-state index is 0. The molecule has 3 heterocycles. The molecule has 2 fully saturated rings. The van der Waals surface area contributed by atoms with Crippen LogP contribution in [-0.4, -0.2) is 48.3 Å². The standard InChI is InChI=1S/C17H27N5O.2ClH/c23-17(6-5-14-7-10-18-11-8-14)19-13-15-3-2-12-22(15)16-4-1-9-20-21-16;;/h1,4,9,14-15,18H,2-3,5-8,10-13H2,(H,19,23);2*1H. The first kappa shape index (κ1) is 21.9. The minimum Gasteiger partial charge on any atom is -0.354 e. The van der Waals surface area contributed by atoms with Gasteiger partial charge in [-0.1, -0.05) is 0 Å². The third-order valence-corrected chi connectivity index (χ3v) is 5.00. The summed E-state index contributed by atoms with van der Waals surface area (Å²) in [4.78, 5) is 14.4. The van der Waals surface area contributed by atoms with Gasteiger partial charge in [0.2, 0.25) is 5.91 Å². The molecule has 2 saturated heterocycles. The van der Waals surface area contributed by atoms with Crippen molar-refractivity contribution in [2.24, 2.45) is 5.92 Å². The van der Waals surface area contributed by atoms with Crippen LogP contribution in [0.25, 0.3) is 0 Å². The van der Waals surface area contributed by atoms with E-state index in [0.717, 1.165) is 44.7 Å². The van der Waals surface area contributed by atoms with Gasteiger partial charge in [0.1, 0.15) is 0 Å². The molecule has 0 bridgehead atoms. The van der Waals surface area contributed by atoms with Gasteiger partial charge < -0.3 is 15.5 Å². The van der Waals surface area contributed by atoms with Crippen molar-refractivity contribution in [1.82, 2.24) is 20.8 Å². The first-order chi connectivity index (χ1) is 11.3. The Morgan fingerprint density at radius 2 is 2.08 bits per heavy atom. The fourth-order valence-electron chi connectivity index (χ4n) is 3.62. The molecule has 0 aromatic carbocycles.